The molecule has 0 aliphatic carbocycles. The topological polar surface area (TPSA) is 211 Å². The van der Waals surface area contributed by atoms with E-state index in [1.165, 1.54) is 19.9 Å². The number of fused-ring (bicyclic) bond motifs is 2. The van der Waals surface area contributed by atoms with Gasteiger partial charge in [0.05, 0.1) is 45.1 Å². The Hall–Kier alpha value is -5.95. The van der Waals surface area contributed by atoms with E-state index in [0.29, 0.717) is 106 Å². The van der Waals surface area contributed by atoms with Crippen molar-refractivity contribution in [1.82, 2.24) is 44.8 Å². The Morgan fingerprint density at radius 3 is 2.40 bits per heavy atom. The van der Waals surface area contributed by atoms with E-state index in [9.17, 15) is 23.7 Å². The van der Waals surface area contributed by atoms with Gasteiger partial charge in [-0.15, -0.1) is 0 Å². The van der Waals surface area contributed by atoms with Crippen molar-refractivity contribution >= 4 is 90.8 Å². The van der Waals surface area contributed by atoms with E-state index < -0.39 is 24.9 Å². The van der Waals surface area contributed by atoms with Gasteiger partial charge in [-0.25, -0.2) is 18.9 Å². The van der Waals surface area contributed by atoms with Crippen LogP contribution in [0.2, 0.25) is 0 Å². The van der Waals surface area contributed by atoms with Crippen molar-refractivity contribution in [2.45, 2.75) is 91.4 Å². The second kappa shape index (κ2) is 21.6. The van der Waals surface area contributed by atoms with Crippen LogP contribution >= 0.6 is 23.1 Å². The third-order valence-electron chi connectivity index (χ3n) is 13.1. The molecule has 5 heterocycles. The van der Waals surface area contributed by atoms with Gasteiger partial charge in [-0.05, 0) is 125 Å². The molecule has 2 fully saturated rings. The van der Waals surface area contributed by atoms with Crippen LogP contribution < -0.4 is 52.8 Å². The predicted octanol–water partition coefficient (Wildman–Crippen LogP) is 6.31. The number of hydrogen-bond donors (Lipinski definition) is 5. The second-order valence-electron chi connectivity index (χ2n) is 17.9. The summed E-state index contributed by atoms with van der Waals surface area (Å²) >= 11 is 3.58. The van der Waals surface area contributed by atoms with Crippen molar-refractivity contribution in [3.05, 3.63) is 91.0 Å². The summed E-state index contributed by atoms with van der Waals surface area (Å²) in [4.78, 5) is 63.0. The third kappa shape index (κ3) is 10.4. The molecule has 0 saturated carbocycles. The highest BCUT2D eigenvalue weighted by Gasteiger charge is 2.33. The molecule has 2 amide bonds. The number of nitrogens with one attached hydrogen (secondary N) is 5. The first-order chi connectivity index (χ1) is 33.6. The van der Waals surface area contributed by atoms with Crippen LogP contribution in [0.15, 0.2) is 62.9 Å². The van der Waals surface area contributed by atoms with Crippen LogP contribution in [0.1, 0.15) is 70.5 Å². The molecule has 0 bridgehead atoms. The lowest BCUT2D eigenvalue weighted by Crippen LogP contribution is -2.44. The van der Waals surface area contributed by atoms with Crippen molar-refractivity contribution in [1.29, 1.82) is 0 Å². The number of imidazole rings is 1. The highest BCUT2D eigenvalue weighted by Crippen LogP contribution is 2.42. The number of ether oxygens (including phenoxy) is 1. The monoisotopic (exact) mass is 1040 g/mol. The Kier molecular flexibility index (Phi) is 15.6. The highest BCUT2D eigenvalue weighted by molar-refractivity contribution is 9.10. The predicted molar refractivity (Wildman–Crippen MR) is 277 cm³/mol. The molecule has 2 aliphatic rings. The standard InChI is InChI=1S/C49H61BrFN12O6P/c1-7-29-25-37(57-48-54-28-34(50)45(59-48)56-36-13-11-31-33(44(36)70(5,6)68)27-55-62(9-3)47(31)66)41(69-10-4)26-40(29)60-23-18-30(19-24-60)53-22-21-52-20-17-32-35(51)12-14-38-43(32)61(8-2)49(67)63(38)39-15-16-42(64)58-46(39)65/h11-14,25-28,30,39,52-53H,7-10,15-24H2,1-6H3,(H,58,64,65)(H2,54,56,57,59). The van der Waals surface area contributed by atoms with Crippen molar-refractivity contribution in [2.75, 3.05) is 68.2 Å². The maximum absolute atomic E-state index is 15.4. The first-order valence-corrected chi connectivity index (χ1v) is 27.4. The largest absolute Gasteiger partial charge is 0.492 e. The molecule has 1 atom stereocenters. The van der Waals surface area contributed by atoms with E-state index >= 15 is 4.39 Å². The molecule has 70 heavy (non-hydrogen) atoms. The Morgan fingerprint density at radius 2 is 1.70 bits per heavy atom. The number of aromatic nitrogens is 6. The molecule has 2 saturated heterocycles. The lowest BCUT2D eigenvalue weighted by atomic mass is 10.0. The summed E-state index contributed by atoms with van der Waals surface area (Å²) in [6.45, 7) is 15.9. The van der Waals surface area contributed by atoms with Crippen molar-refractivity contribution in [2.24, 2.45) is 0 Å². The fraction of sp³-hybridized carbons (Fsp3) is 0.449. The minimum Gasteiger partial charge on any atom is -0.492 e. The van der Waals surface area contributed by atoms with Crippen LogP contribution in [0.25, 0.3) is 21.8 Å². The Balaban J connectivity index is 0.885. The summed E-state index contributed by atoms with van der Waals surface area (Å²) in [6.07, 6.45) is 6.62. The second-order valence-corrected chi connectivity index (χ2v) is 21.9. The number of piperidine rings is 2. The zero-order valence-electron chi connectivity index (χ0n) is 40.5. The number of imide groups is 1. The van der Waals surface area contributed by atoms with Gasteiger partial charge in [-0.2, -0.15) is 10.1 Å². The first kappa shape index (κ1) is 50.4. The molecule has 0 spiro atoms. The Labute approximate surface area is 413 Å². The smallest absolute Gasteiger partial charge is 0.329 e. The summed E-state index contributed by atoms with van der Waals surface area (Å²) in [7, 11) is -2.92. The van der Waals surface area contributed by atoms with E-state index in [4.69, 9.17) is 9.72 Å². The Bertz CT molecular complexity index is 3130. The van der Waals surface area contributed by atoms with Crippen molar-refractivity contribution in [3.8, 4) is 5.75 Å². The van der Waals surface area contributed by atoms with E-state index in [2.05, 4.69) is 76.6 Å². The third-order valence-corrected chi connectivity index (χ3v) is 15.2. The summed E-state index contributed by atoms with van der Waals surface area (Å²) in [5, 5.41) is 22.0. The van der Waals surface area contributed by atoms with Crippen LogP contribution in [-0.4, -0.2) is 99.4 Å². The van der Waals surface area contributed by atoms with E-state index in [1.807, 2.05) is 20.8 Å². The highest BCUT2D eigenvalue weighted by atomic mass is 79.9. The van der Waals surface area contributed by atoms with Crippen LogP contribution in [0, 0.1) is 5.82 Å². The van der Waals surface area contributed by atoms with Crippen molar-refractivity contribution < 1.29 is 23.3 Å². The normalized spacial score (nSPS) is 15.8. The fourth-order valence-corrected chi connectivity index (χ4v) is 11.4. The number of carbonyl (C=O) groups excluding carboxylic acids is 2. The average molecular weight is 1040 g/mol. The van der Waals surface area contributed by atoms with Gasteiger partial charge < -0.3 is 35.5 Å². The van der Waals surface area contributed by atoms with E-state index in [-0.39, 0.29) is 30.0 Å². The number of hydrogen-bond acceptors (Lipinski definition) is 14. The Morgan fingerprint density at radius 1 is 0.914 bits per heavy atom. The van der Waals surface area contributed by atoms with Crippen molar-refractivity contribution in [3.63, 3.8) is 0 Å². The molecule has 18 nitrogen and oxygen atoms in total. The zero-order valence-corrected chi connectivity index (χ0v) is 42.9. The first-order valence-electron chi connectivity index (χ1n) is 24.0. The number of halogens is 2. The van der Waals surface area contributed by atoms with E-state index in [0.717, 1.165) is 55.8 Å². The molecule has 5 N–H and O–H groups in total. The molecule has 3 aromatic heterocycles. The minimum atomic E-state index is -2.92. The lowest BCUT2D eigenvalue weighted by molar-refractivity contribution is -0.135. The maximum atomic E-state index is 15.4. The summed E-state index contributed by atoms with van der Waals surface area (Å²) in [5.74, 6) is 0.143. The SMILES string of the molecule is CCOc1cc(N2CCC(NCCNCCc3c(F)ccc4c3n(CC)c(=O)n4C3CCC(=O)NC3=O)CC2)c(CC)cc1Nc1ncc(Br)c(Nc2ccc3c(=O)n(CC)ncc3c2P(C)(C)=O)n1. The number of carbonyl (C=O) groups is 2. The van der Waals surface area contributed by atoms with Gasteiger partial charge >= 0.3 is 5.69 Å². The molecule has 21 heteroatoms. The molecular formula is C49H61BrFN12O6P. The van der Waals surface area contributed by atoms with Gasteiger partial charge in [0, 0.05) is 85.9 Å². The van der Waals surface area contributed by atoms with E-state index in [1.54, 1.807) is 43.9 Å². The maximum Gasteiger partial charge on any atom is 0.329 e. The summed E-state index contributed by atoms with van der Waals surface area (Å²) < 4.78 is 40.2. The average Bonchev–Trinajstić information content (AvgIpc) is 3.62. The number of nitrogens with zero attached hydrogens (tertiary/aromatic N) is 7. The van der Waals surface area contributed by atoms with Crippen LogP contribution in [0.5, 0.6) is 5.75 Å². The van der Waals surface area contributed by atoms with Gasteiger partial charge in [0.2, 0.25) is 17.8 Å². The summed E-state index contributed by atoms with van der Waals surface area (Å²) in [6, 6.07) is 10.1. The molecule has 2 aliphatic heterocycles. The van der Waals surface area contributed by atoms with Crippen LogP contribution in [-0.2, 0) is 40.1 Å². The number of amides is 2. The number of rotatable bonds is 19. The van der Waals surface area contributed by atoms with Crippen LogP contribution in [0.3, 0.4) is 0 Å². The van der Waals surface area contributed by atoms with Gasteiger partial charge in [-0.3, -0.25) is 28.8 Å². The van der Waals surface area contributed by atoms with Gasteiger partial charge in [0.15, 0.2) is 0 Å². The number of benzene rings is 3. The van der Waals surface area contributed by atoms with Gasteiger partial charge in [0.25, 0.3) is 5.56 Å². The van der Waals surface area contributed by atoms with Crippen LogP contribution in [0.4, 0.5) is 33.2 Å². The molecule has 3 aromatic carbocycles. The molecule has 6 aromatic rings. The minimum absolute atomic E-state index is 0.133. The molecule has 8 rings (SSSR count). The van der Waals surface area contributed by atoms with Gasteiger partial charge in [0.1, 0.15) is 30.6 Å². The molecular weight excluding hydrogens is 982 g/mol. The quantitative estimate of drug-likeness (QED) is 0.0342. The molecule has 0 radical (unpaired) electrons. The number of anilines is 5. The number of aryl methyl sites for hydroxylation is 3. The molecule has 1 unspecified atom stereocenters. The lowest BCUT2D eigenvalue weighted by Gasteiger charge is -2.35. The summed E-state index contributed by atoms with van der Waals surface area (Å²) in [5.41, 5.74) is 4.31. The zero-order chi connectivity index (χ0) is 49.9. The fourth-order valence-electron chi connectivity index (χ4n) is 9.69. The molecule has 372 valence electrons. The van der Waals surface area contributed by atoms with Gasteiger partial charge in [-0.1, -0.05) is 6.92 Å².